The Balaban J connectivity index is 2.19. The van der Waals surface area contributed by atoms with Gasteiger partial charge in [0.2, 0.25) is 10.0 Å². The minimum atomic E-state index is -4.89. The van der Waals surface area contributed by atoms with Crippen LogP contribution in [0.15, 0.2) is 47.4 Å². The third kappa shape index (κ3) is 3.80. The number of nitrogens with zero attached hydrogens (tertiary/aromatic N) is 3. The first-order valence-corrected chi connectivity index (χ1v) is 8.64. The Labute approximate surface area is 149 Å². The van der Waals surface area contributed by atoms with Crippen LogP contribution in [0.1, 0.15) is 5.82 Å². The van der Waals surface area contributed by atoms with Crippen molar-refractivity contribution in [2.24, 2.45) is 5.14 Å². The molecule has 0 aliphatic rings. The molecule has 0 fully saturated rings. The normalized spacial score (nSPS) is 12.4. The Morgan fingerprint density at radius 3 is 2.11 bits per heavy atom. The molecular weight excluding hydrogens is 395 g/mol. The molecule has 27 heavy (non-hydrogen) atoms. The first-order valence-electron chi connectivity index (χ1n) is 7.10. The van der Waals surface area contributed by atoms with Gasteiger partial charge in [-0.15, -0.1) is 5.10 Å². The highest BCUT2D eigenvalue weighted by Gasteiger charge is 2.37. The van der Waals surface area contributed by atoms with Crippen LogP contribution < -0.4 is 5.14 Å². The molecule has 0 aliphatic carbocycles. The molecule has 0 atom stereocenters. The average Bonchev–Trinajstić information content (AvgIpc) is 3.02. The Bertz CT molecular complexity index is 1110. The van der Waals surface area contributed by atoms with Gasteiger partial charge in [-0.25, -0.2) is 32.0 Å². The first kappa shape index (κ1) is 18.9. The van der Waals surface area contributed by atoms with Crippen molar-refractivity contribution in [1.29, 1.82) is 0 Å². The number of benzene rings is 2. The van der Waals surface area contributed by atoms with E-state index in [-0.39, 0.29) is 16.1 Å². The molecule has 3 aromatic rings. The monoisotopic (exact) mass is 404 g/mol. The number of primary sulfonamides is 1. The second-order valence-electron chi connectivity index (χ2n) is 5.34. The van der Waals surface area contributed by atoms with Crippen molar-refractivity contribution in [3.63, 3.8) is 0 Å². The predicted octanol–water partition coefficient (Wildman–Crippen LogP) is 2.88. The van der Waals surface area contributed by atoms with E-state index < -0.39 is 39.5 Å². The van der Waals surface area contributed by atoms with Crippen LogP contribution in [0.5, 0.6) is 0 Å². The second-order valence-corrected chi connectivity index (χ2v) is 6.90. The van der Waals surface area contributed by atoms with Gasteiger partial charge in [0.15, 0.2) is 17.5 Å². The Morgan fingerprint density at radius 1 is 0.963 bits per heavy atom. The highest BCUT2D eigenvalue weighted by molar-refractivity contribution is 7.89. The summed E-state index contributed by atoms with van der Waals surface area (Å²) >= 11 is 0. The summed E-state index contributed by atoms with van der Waals surface area (Å²) in [4.78, 5) is 3.10. The van der Waals surface area contributed by atoms with Crippen LogP contribution in [0.4, 0.5) is 22.0 Å². The molecule has 1 aromatic heterocycles. The maximum atomic E-state index is 13.5. The van der Waals surface area contributed by atoms with E-state index in [0.717, 1.165) is 41.1 Å². The molecule has 3 rings (SSSR count). The molecule has 142 valence electrons. The molecular formula is C15H9F5N4O2S. The summed E-state index contributed by atoms with van der Waals surface area (Å²) in [6.45, 7) is 0. The van der Waals surface area contributed by atoms with Crippen molar-refractivity contribution in [3.8, 4) is 17.1 Å². The third-order valence-corrected chi connectivity index (χ3v) is 4.38. The average molecular weight is 404 g/mol. The number of halogens is 5. The zero-order valence-electron chi connectivity index (χ0n) is 13.1. The summed E-state index contributed by atoms with van der Waals surface area (Å²) in [5.74, 6) is -4.37. The predicted molar refractivity (Wildman–Crippen MR) is 83.1 cm³/mol. The molecule has 0 aliphatic heterocycles. The lowest BCUT2D eigenvalue weighted by Crippen LogP contribution is -2.12. The van der Waals surface area contributed by atoms with Crippen LogP contribution >= 0.6 is 0 Å². The zero-order chi connectivity index (χ0) is 20.0. The first-order chi connectivity index (χ1) is 12.5. The van der Waals surface area contributed by atoms with E-state index in [1.54, 1.807) is 0 Å². The van der Waals surface area contributed by atoms with Gasteiger partial charge in [0.25, 0.3) is 5.82 Å². The van der Waals surface area contributed by atoms with Gasteiger partial charge in [0.1, 0.15) is 0 Å². The van der Waals surface area contributed by atoms with E-state index in [9.17, 15) is 30.4 Å². The number of alkyl halides is 3. The number of rotatable bonds is 3. The van der Waals surface area contributed by atoms with Crippen molar-refractivity contribution in [3.05, 3.63) is 59.9 Å². The minimum absolute atomic E-state index is 0.00475. The Kier molecular flexibility index (Phi) is 4.48. The number of sulfonamides is 1. The summed E-state index contributed by atoms with van der Waals surface area (Å²) in [6.07, 6.45) is -4.89. The lowest BCUT2D eigenvalue weighted by molar-refractivity contribution is -0.144. The number of aromatic nitrogens is 3. The van der Waals surface area contributed by atoms with Crippen molar-refractivity contribution in [2.45, 2.75) is 11.1 Å². The molecule has 0 radical (unpaired) electrons. The zero-order valence-corrected chi connectivity index (χ0v) is 13.9. The van der Waals surface area contributed by atoms with Gasteiger partial charge in [-0.3, -0.25) is 0 Å². The lowest BCUT2D eigenvalue weighted by Gasteiger charge is -2.07. The van der Waals surface area contributed by atoms with Crippen molar-refractivity contribution in [2.75, 3.05) is 0 Å². The van der Waals surface area contributed by atoms with E-state index in [0.29, 0.717) is 6.07 Å². The van der Waals surface area contributed by atoms with E-state index in [1.165, 1.54) is 0 Å². The third-order valence-electron chi connectivity index (χ3n) is 3.45. The van der Waals surface area contributed by atoms with Gasteiger partial charge in [-0.1, -0.05) is 0 Å². The summed E-state index contributed by atoms with van der Waals surface area (Å²) in [7, 11) is -4.01. The molecule has 0 spiro atoms. The van der Waals surface area contributed by atoms with Gasteiger partial charge in [0.05, 0.1) is 10.6 Å². The second kappa shape index (κ2) is 6.39. The number of hydrogen-bond acceptors (Lipinski definition) is 4. The SMILES string of the molecule is NS(=O)(=O)c1ccc(-n2nc(C(F)(F)F)nc2-c2ccc(F)c(F)c2)cc1. The number of nitrogens with two attached hydrogens (primary N) is 1. The number of hydrogen-bond donors (Lipinski definition) is 1. The van der Waals surface area contributed by atoms with E-state index in [2.05, 4.69) is 10.1 Å². The molecule has 6 nitrogen and oxygen atoms in total. The van der Waals surface area contributed by atoms with E-state index in [1.807, 2.05) is 0 Å². The Hall–Kier alpha value is -2.86. The lowest BCUT2D eigenvalue weighted by atomic mass is 10.2. The minimum Gasteiger partial charge on any atom is -0.225 e. The molecule has 0 bridgehead atoms. The smallest absolute Gasteiger partial charge is 0.225 e. The highest BCUT2D eigenvalue weighted by Crippen LogP contribution is 2.31. The van der Waals surface area contributed by atoms with Crippen LogP contribution in [0.3, 0.4) is 0 Å². The van der Waals surface area contributed by atoms with Crippen LogP contribution in [0, 0.1) is 11.6 Å². The fraction of sp³-hybridized carbons (Fsp3) is 0.0667. The quantitative estimate of drug-likeness (QED) is 0.680. The summed E-state index contributed by atoms with van der Waals surface area (Å²) < 4.78 is 89.0. The molecule has 12 heteroatoms. The molecule has 0 amide bonds. The van der Waals surface area contributed by atoms with Crippen LogP contribution in [-0.4, -0.2) is 23.2 Å². The summed E-state index contributed by atoms with van der Waals surface area (Å²) in [6, 6.07) is 6.88. The van der Waals surface area contributed by atoms with Gasteiger partial charge in [-0.05, 0) is 42.5 Å². The van der Waals surface area contributed by atoms with E-state index >= 15 is 0 Å². The molecule has 0 unspecified atom stereocenters. The van der Waals surface area contributed by atoms with Crippen molar-refractivity contribution >= 4 is 10.0 Å². The molecule has 0 saturated heterocycles. The topological polar surface area (TPSA) is 90.9 Å². The maximum Gasteiger partial charge on any atom is 0.453 e. The van der Waals surface area contributed by atoms with Crippen LogP contribution in [0.2, 0.25) is 0 Å². The van der Waals surface area contributed by atoms with Crippen LogP contribution in [-0.2, 0) is 16.2 Å². The van der Waals surface area contributed by atoms with Crippen LogP contribution in [0.25, 0.3) is 17.1 Å². The molecule has 0 saturated carbocycles. The maximum absolute atomic E-state index is 13.5. The summed E-state index contributed by atoms with van der Waals surface area (Å²) in [5.41, 5.74) is -0.155. The van der Waals surface area contributed by atoms with Crippen molar-refractivity contribution in [1.82, 2.24) is 14.8 Å². The molecule has 2 aromatic carbocycles. The molecule has 2 N–H and O–H groups in total. The van der Waals surface area contributed by atoms with E-state index in [4.69, 9.17) is 5.14 Å². The fourth-order valence-electron chi connectivity index (χ4n) is 2.21. The largest absolute Gasteiger partial charge is 0.453 e. The van der Waals surface area contributed by atoms with Crippen molar-refractivity contribution < 1.29 is 30.4 Å². The highest BCUT2D eigenvalue weighted by atomic mass is 32.2. The fourth-order valence-corrected chi connectivity index (χ4v) is 2.73. The van der Waals surface area contributed by atoms with Gasteiger partial charge >= 0.3 is 6.18 Å². The van der Waals surface area contributed by atoms with Gasteiger partial charge in [0, 0.05) is 5.56 Å². The van der Waals surface area contributed by atoms with Gasteiger partial charge < -0.3 is 0 Å². The Morgan fingerprint density at radius 2 is 1.59 bits per heavy atom. The molecule has 1 heterocycles. The summed E-state index contributed by atoms with van der Waals surface area (Å²) in [5, 5.41) is 8.33. The standard InChI is InChI=1S/C15H9F5N4O2S/c16-11-6-1-8(7-12(11)17)13-22-14(15(18,19)20)23-24(13)9-2-4-10(5-3-9)27(21,25)26/h1-7H,(H2,21,25,26). The van der Waals surface area contributed by atoms with Gasteiger partial charge in [-0.2, -0.15) is 13.2 Å².